The third-order valence-corrected chi connectivity index (χ3v) is 5.36. The summed E-state index contributed by atoms with van der Waals surface area (Å²) in [6.45, 7) is 1.88. The average molecular weight is 318 g/mol. The summed E-state index contributed by atoms with van der Waals surface area (Å²) in [7, 11) is 0. The summed E-state index contributed by atoms with van der Waals surface area (Å²) >= 11 is 0. The van der Waals surface area contributed by atoms with E-state index in [1.807, 2.05) is 12.1 Å². The second-order valence-corrected chi connectivity index (χ2v) is 6.91. The van der Waals surface area contributed by atoms with Crippen molar-refractivity contribution in [3.8, 4) is 6.07 Å². The zero-order valence-corrected chi connectivity index (χ0v) is 13.3. The Labute approximate surface area is 140 Å². The van der Waals surface area contributed by atoms with Crippen LogP contribution in [0.1, 0.15) is 36.6 Å². The van der Waals surface area contributed by atoms with Crippen molar-refractivity contribution in [2.45, 2.75) is 37.3 Å². The lowest BCUT2D eigenvalue weighted by atomic mass is 9.86. The van der Waals surface area contributed by atoms with E-state index in [2.05, 4.69) is 36.9 Å². The van der Waals surface area contributed by atoms with Gasteiger partial charge in [-0.05, 0) is 31.4 Å². The van der Waals surface area contributed by atoms with Crippen molar-refractivity contribution in [3.05, 3.63) is 42.1 Å². The van der Waals surface area contributed by atoms with Crippen molar-refractivity contribution in [1.29, 1.82) is 5.26 Å². The van der Waals surface area contributed by atoms with Crippen molar-refractivity contribution in [1.82, 2.24) is 15.0 Å². The molecule has 2 bridgehead atoms. The molecule has 0 N–H and O–H groups in total. The van der Waals surface area contributed by atoms with Gasteiger partial charge in [-0.1, -0.05) is 0 Å². The van der Waals surface area contributed by atoms with Crippen LogP contribution in [-0.2, 0) is 0 Å². The number of piperidine rings is 1. The van der Waals surface area contributed by atoms with E-state index in [9.17, 15) is 5.26 Å². The largest absolute Gasteiger partial charge is 0.359 e. The number of pyridine rings is 1. The Kier molecular flexibility index (Phi) is 2.96. The SMILES string of the molecule is N#Cc1ncccc1N1C2CC1CN(c1cc(C3CC3)ncn1)C2. The summed E-state index contributed by atoms with van der Waals surface area (Å²) in [4.78, 5) is 17.8. The fraction of sp³-hybridized carbons (Fsp3) is 0.444. The molecule has 2 aromatic rings. The third-order valence-electron chi connectivity index (χ3n) is 5.36. The number of hydrogen-bond acceptors (Lipinski definition) is 6. The van der Waals surface area contributed by atoms with Gasteiger partial charge in [0, 0.05) is 49.0 Å². The van der Waals surface area contributed by atoms with Gasteiger partial charge in [-0.3, -0.25) is 0 Å². The molecule has 0 radical (unpaired) electrons. The molecule has 6 nitrogen and oxygen atoms in total. The lowest BCUT2D eigenvalue weighted by Crippen LogP contribution is -2.69. The van der Waals surface area contributed by atoms with Gasteiger partial charge in [0.1, 0.15) is 18.2 Å². The Morgan fingerprint density at radius 2 is 1.96 bits per heavy atom. The van der Waals surface area contributed by atoms with Gasteiger partial charge in [0.15, 0.2) is 5.69 Å². The highest BCUT2D eigenvalue weighted by molar-refractivity contribution is 5.61. The molecule has 5 heterocycles. The van der Waals surface area contributed by atoms with Crippen LogP contribution in [-0.4, -0.2) is 40.1 Å². The van der Waals surface area contributed by atoms with Crippen LogP contribution in [0.2, 0.25) is 0 Å². The monoisotopic (exact) mass is 318 g/mol. The first kappa shape index (κ1) is 13.7. The fourth-order valence-corrected chi connectivity index (χ4v) is 4.02. The Morgan fingerprint density at radius 3 is 2.71 bits per heavy atom. The third kappa shape index (κ3) is 2.12. The van der Waals surface area contributed by atoms with Crippen molar-refractivity contribution in [2.24, 2.45) is 0 Å². The van der Waals surface area contributed by atoms with Crippen LogP contribution in [0.5, 0.6) is 0 Å². The van der Waals surface area contributed by atoms with Crippen LogP contribution in [0.15, 0.2) is 30.7 Å². The maximum atomic E-state index is 9.30. The molecular weight excluding hydrogens is 300 g/mol. The molecule has 6 rings (SSSR count). The normalized spacial score (nSPS) is 25.1. The van der Waals surface area contributed by atoms with Gasteiger partial charge in [0.25, 0.3) is 0 Å². The molecule has 24 heavy (non-hydrogen) atoms. The first-order chi connectivity index (χ1) is 11.8. The van der Waals surface area contributed by atoms with Crippen molar-refractivity contribution in [3.63, 3.8) is 0 Å². The molecule has 2 atom stereocenters. The summed E-state index contributed by atoms with van der Waals surface area (Å²) in [5.41, 5.74) is 2.69. The molecular formula is C18H18N6. The molecule has 1 saturated carbocycles. The van der Waals surface area contributed by atoms with E-state index in [1.165, 1.54) is 25.0 Å². The van der Waals surface area contributed by atoms with Gasteiger partial charge >= 0.3 is 0 Å². The predicted molar refractivity (Wildman–Crippen MR) is 89.8 cm³/mol. The Morgan fingerprint density at radius 1 is 1.12 bits per heavy atom. The second-order valence-electron chi connectivity index (χ2n) is 6.91. The standard InChI is InChI=1S/C18H18N6/c19-8-16-17(2-1-5-20-16)24-13-6-14(24)10-23(9-13)18-7-15(12-3-4-12)21-11-22-18/h1-2,5,7,11-14H,3-4,6,9-10H2. The number of nitriles is 1. The molecule has 3 saturated heterocycles. The van der Waals surface area contributed by atoms with Crippen molar-refractivity contribution in [2.75, 3.05) is 22.9 Å². The number of anilines is 2. The van der Waals surface area contributed by atoms with E-state index in [-0.39, 0.29) is 0 Å². The number of nitrogens with zero attached hydrogens (tertiary/aromatic N) is 6. The van der Waals surface area contributed by atoms with E-state index in [0.29, 0.717) is 23.7 Å². The zero-order chi connectivity index (χ0) is 16.1. The topological polar surface area (TPSA) is 68.9 Å². The van der Waals surface area contributed by atoms with Gasteiger partial charge in [0.05, 0.1) is 5.69 Å². The van der Waals surface area contributed by atoms with Gasteiger partial charge in [-0.15, -0.1) is 0 Å². The summed E-state index contributed by atoms with van der Waals surface area (Å²) in [6.07, 6.45) is 7.08. The number of hydrogen-bond donors (Lipinski definition) is 0. The molecule has 2 unspecified atom stereocenters. The highest BCUT2D eigenvalue weighted by atomic mass is 15.4. The first-order valence-electron chi connectivity index (χ1n) is 8.54. The molecule has 3 aliphatic heterocycles. The minimum Gasteiger partial charge on any atom is -0.359 e. The van der Waals surface area contributed by atoms with Crippen molar-refractivity contribution >= 4 is 11.5 Å². The van der Waals surface area contributed by atoms with Crippen LogP contribution in [0, 0.1) is 11.3 Å². The van der Waals surface area contributed by atoms with Gasteiger partial charge in [-0.25, -0.2) is 15.0 Å². The molecule has 2 aromatic heterocycles. The van der Waals surface area contributed by atoms with Crippen LogP contribution < -0.4 is 9.80 Å². The Bertz CT molecular complexity index is 812. The Balaban J connectivity index is 1.37. The van der Waals surface area contributed by atoms with Gasteiger partial charge < -0.3 is 9.80 Å². The average Bonchev–Trinajstić information content (AvgIpc) is 3.47. The minimum absolute atomic E-state index is 0.430. The highest BCUT2D eigenvalue weighted by Gasteiger charge is 2.46. The van der Waals surface area contributed by atoms with Crippen LogP contribution >= 0.6 is 0 Å². The fourth-order valence-electron chi connectivity index (χ4n) is 4.02. The molecule has 4 aliphatic rings. The lowest BCUT2D eigenvalue weighted by molar-refractivity contribution is 0.290. The van der Waals surface area contributed by atoms with Gasteiger partial charge in [0.2, 0.25) is 0 Å². The quantitative estimate of drug-likeness (QED) is 0.863. The number of rotatable bonds is 3. The lowest BCUT2D eigenvalue weighted by Gasteiger charge is -2.57. The van der Waals surface area contributed by atoms with E-state index >= 15 is 0 Å². The van der Waals surface area contributed by atoms with Crippen LogP contribution in [0.3, 0.4) is 0 Å². The van der Waals surface area contributed by atoms with Crippen LogP contribution in [0.4, 0.5) is 11.5 Å². The molecule has 0 spiro atoms. The predicted octanol–water partition coefficient (Wildman–Crippen LogP) is 2.09. The molecule has 0 aromatic carbocycles. The van der Waals surface area contributed by atoms with E-state index < -0.39 is 0 Å². The first-order valence-corrected chi connectivity index (χ1v) is 8.54. The highest BCUT2D eigenvalue weighted by Crippen LogP contribution is 2.41. The Hall–Kier alpha value is -2.68. The second kappa shape index (κ2) is 5.17. The molecule has 4 fully saturated rings. The number of fused-ring (bicyclic) bond motifs is 2. The maximum absolute atomic E-state index is 9.30. The molecule has 0 amide bonds. The molecule has 1 aliphatic carbocycles. The smallest absolute Gasteiger partial charge is 0.163 e. The van der Waals surface area contributed by atoms with E-state index in [1.54, 1.807) is 12.5 Å². The number of piperazine rings is 1. The van der Waals surface area contributed by atoms with Gasteiger partial charge in [-0.2, -0.15) is 5.26 Å². The van der Waals surface area contributed by atoms with Crippen LogP contribution in [0.25, 0.3) is 0 Å². The maximum Gasteiger partial charge on any atom is 0.163 e. The molecule has 120 valence electrons. The van der Waals surface area contributed by atoms with E-state index in [0.717, 1.165) is 24.6 Å². The number of aromatic nitrogens is 3. The molecule has 6 heteroatoms. The minimum atomic E-state index is 0.430. The zero-order valence-electron chi connectivity index (χ0n) is 13.3. The van der Waals surface area contributed by atoms with E-state index in [4.69, 9.17) is 0 Å². The summed E-state index contributed by atoms with van der Waals surface area (Å²) < 4.78 is 0. The van der Waals surface area contributed by atoms with Crippen molar-refractivity contribution < 1.29 is 0 Å². The summed E-state index contributed by atoms with van der Waals surface area (Å²) in [5.74, 6) is 1.70. The summed E-state index contributed by atoms with van der Waals surface area (Å²) in [6, 6.07) is 9.16. The summed E-state index contributed by atoms with van der Waals surface area (Å²) in [5, 5.41) is 9.30.